The number of carbonyl (C=O) groups excluding carboxylic acids is 2. The van der Waals surface area contributed by atoms with Crippen molar-refractivity contribution in [3.05, 3.63) is 23.8 Å². The van der Waals surface area contributed by atoms with Gasteiger partial charge in [0.25, 0.3) is 0 Å². The summed E-state index contributed by atoms with van der Waals surface area (Å²) in [5, 5.41) is 0. The van der Waals surface area contributed by atoms with Crippen molar-refractivity contribution in [2.45, 2.75) is 6.92 Å². The van der Waals surface area contributed by atoms with E-state index in [9.17, 15) is 9.59 Å². The topological polar surface area (TPSA) is 105 Å². The summed E-state index contributed by atoms with van der Waals surface area (Å²) in [6, 6.07) is 4.79. The summed E-state index contributed by atoms with van der Waals surface area (Å²) in [5.41, 5.74) is 11.2. The average molecular weight is 252 g/mol. The van der Waals surface area contributed by atoms with Gasteiger partial charge in [-0.25, -0.2) is 4.79 Å². The van der Waals surface area contributed by atoms with Crippen LogP contribution in [-0.2, 0) is 9.53 Å². The van der Waals surface area contributed by atoms with Gasteiger partial charge >= 0.3 is 5.97 Å². The van der Waals surface area contributed by atoms with Gasteiger partial charge in [-0.05, 0) is 12.1 Å². The Balaban J connectivity index is 2.92. The quantitative estimate of drug-likeness (QED) is 0.588. The van der Waals surface area contributed by atoms with E-state index in [1.807, 2.05) is 0 Å². The molecule has 1 unspecified atom stereocenters. The molecule has 0 radical (unpaired) electrons. The zero-order chi connectivity index (χ0) is 13.7. The van der Waals surface area contributed by atoms with Crippen molar-refractivity contribution in [2.24, 2.45) is 11.7 Å². The molecule has 0 aromatic heterocycles. The third-order valence-corrected chi connectivity index (χ3v) is 2.42. The van der Waals surface area contributed by atoms with Gasteiger partial charge in [0.1, 0.15) is 11.3 Å². The van der Waals surface area contributed by atoms with E-state index in [1.54, 1.807) is 25.1 Å². The van der Waals surface area contributed by atoms with Gasteiger partial charge in [0.05, 0.1) is 19.6 Å². The molecule has 1 atom stereocenters. The maximum Gasteiger partial charge on any atom is 0.343 e. The monoisotopic (exact) mass is 252 g/mol. The summed E-state index contributed by atoms with van der Waals surface area (Å²) >= 11 is 0. The van der Waals surface area contributed by atoms with E-state index in [4.69, 9.17) is 16.2 Å². The Kier molecular flexibility index (Phi) is 4.53. The van der Waals surface area contributed by atoms with Crippen LogP contribution in [0, 0.1) is 5.92 Å². The Labute approximate surface area is 105 Å². The molecule has 0 aliphatic carbocycles. The van der Waals surface area contributed by atoms with E-state index in [0.717, 1.165) is 0 Å². The van der Waals surface area contributed by atoms with E-state index in [1.165, 1.54) is 7.11 Å². The van der Waals surface area contributed by atoms with Gasteiger partial charge in [-0.15, -0.1) is 0 Å². The highest BCUT2D eigenvalue weighted by molar-refractivity contribution is 5.98. The first-order chi connectivity index (χ1) is 8.47. The zero-order valence-electron chi connectivity index (χ0n) is 10.3. The highest BCUT2D eigenvalue weighted by Gasteiger charge is 2.18. The fourth-order valence-electron chi connectivity index (χ4n) is 1.29. The lowest BCUT2D eigenvalue weighted by molar-refractivity contribution is -0.122. The van der Waals surface area contributed by atoms with Gasteiger partial charge in [0, 0.05) is 5.69 Å². The molecule has 0 saturated heterocycles. The molecule has 0 heterocycles. The normalized spacial score (nSPS) is 11.7. The Morgan fingerprint density at radius 3 is 2.61 bits per heavy atom. The maximum absolute atomic E-state index is 11.6. The molecule has 0 aliphatic heterocycles. The van der Waals surface area contributed by atoms with E-state index < -0.39 is 17.8 Å². The molecule has 0 fully saturated rings. The Bertz CT molecular complexity index is 459. The predicted molar refractivity (Wildman–Crippen MR) is 66.0 cm³/mol. The highest BCUT2D eigenvalue weighted by Crippen LogP contribution is 2.25. The smallest absolute Gasteiger partial charge is 0.343 e. The fourth-order valence-corrected chi connectivity index (χ4v) is 1.29. The lowest BCUT2D eigenvalue weighted by Gasteiger charge is -2.14. The lowest BCUT2D eigenvalue weighted by atomic mass is 10.1. The molecule has 98 valence electrons. The zero-order valence-corrected chi connectivity index (χ0v) is 10.3. The van der Waals surface area contributed by atoms with Crippen molar-refractivity contribution < 1.29 is 19.1 Å². The standard InChI is InChI=1S/C12H16N2O4/c1-7(11(14)15)6-18-9-5-3-4-8(13)10(9)12(16)17-2/h3-5,7H,6,13H2,1-2H3,(H2,14,15). The number of benzene rings is 1. The third kappa shape index (κ3) is 3.13. The number of anilines is 1. The molecule has 0 saturated carbocycles. The van der Waals surface area contributed by atoms with Gasteiger partial charge < -0.3 is 20.9 Å². The highest BCUT2D eigenvalue weighted by atomic mass is 16.5. The van der Waals surface area contributed by atoms with Crippen molar-refractivity contribution in [1.29, 1.82) is 0 Å². The van der Waals surface area contributed by atoms with Crippen LogP contribution < -0.4 is 16.2 Å². The second-order valence-electron chi connectivity index (χ2n) is 3.83. The summed E-state index contributed by atoms with van der Waals surface area (Å²) in [6.45, 7) is 1.70. The van der Waals surface area contributed by atoms with Gasteiger partial charge in [0.2, 0.25) is 5.91 Å². The van der Waals surface area contributed by atoms with E-state index >= 15 is 0 Å². The number of rotatable bonds is 5. The Morgan fingerprint density at radius 1 is 1.39 bits per heavy atom. The predicted octanol–water partition coefficient (Wildman–Crippen LogP) is 0.556. The van der Waals surface area contributed by atoms with Gasteiger partial charge in [-0.1, -0.05) is 13.0 Å². The minimum atomic E-state index is -0.588. The maximum atomic E-state index is 11.6. The number of hydrogen-bond acceptors (Lipinski definition) is 5. The molecule has 4 N–H and O–H groups in total. The second kappa shape index (κ2) is 5.90. The summed E-state index contributed by atoms with van der Waals surface area (Å²) in [6.07, 6.45) is 0. The van der Waals surface area contributed by atoms with Crippen LogP contribution in [0.15, 0.2) is 18.2 Å². The molecule has 1 rings (SSSR count). The van der Waals surface area contributed by atoms with E-state index in [0.29, 0.717) is 0 Å². The van der Waals surface area contributed by atoms with Crippen molar-refractivity contribution >= 4 is 17.6 Å². The summed E-state index contributed by atoms with van der Waals surface area (Å²) < 4.78 is 10.0. The first kappa shape index (κ1) is 13.8. The number of esters is 1. The average Bonchev–Trinajstić information content (AvgIpc) is 2.34. The SMILES string of the molecule is COC(=O)c1c(N)cccc1OCC(C)C(N)=O. The van der Waals surface area contributed by atoms with Crippen LogP contribution in [0.3, 0.4) is 0 Å². The van der Waals surface area contributed by atoms with Crippen molar-refractivity contribution in [3.63, 3.8) is 0 Å². The molecule has 1 aromatic carbocycles. The molecule has 1 amide bonds. The summed E-state index contributed by atoms with van der Waals surface area (Å²) in [5.74, 6) is -1.25. The molecular weight excluding hydrogens is 236 g/mol. The van der Waals surface area contributed by atoms with Crippen LogP contribution in [0.4, 0.5) is 5.69 Å². The van der Waals surface area contributed by atoms with Crippen LogP contribution >= 0.6 is 0 Å². The number of amides is 1. The Morgan fingerprint density at radius 2 is 2.06 bits per heavy atom. The van der Waals surface area contributed by atoms with E-state index in [2.05, 4.69) is 4.74 Å². The Hall–Kier alpha value is -2.24. The largest absolute Gasteiger partial charge is 0.492 e. The number of nitrogen functional groups attached to an aromatic ring is 1. The van der Waals surface area contributed by atoms with Crippen molar-refractivity contribution in [3.8, 4) is 5.75 Å². The number of primary amides is 1. The second-order valence-corrected chi connectivity index (χ2v) is 3.83. The van der Waals surface area contributed by atoms with Gasteiger partial charge in [0.15, 0.2) is 0 Å². The van der Waals surface area contributed by atoms with Gasteiger partial charge in [-0.2, -0.15) is 0 Å². The minimum Gasteiger partial charge on any atom is -0.492 e. The minimum absolute atomic E-state index is 0.0722. The number of hydrogen-bond donors (Lipinski definition) is 2. The number of nitrogens with two attached hydrogens (primary N) is 2. The first-order valence-corrected chi connectivity index (χ1v) is 5.36. The van der Waals surface area contributed by atoms with Crippen LogP contribution in [0.2, 0.25) is 0 Å². The molecular formula is C12H16N2O4. The first-order valence-electron chi connectivity index (χ1n) is 5.36. The van der Waals surface area contributed by atoms with Crippen molar-refractivity contribution in [2.75, 3.05) is 19.5 Å². The van der Waals surface area contributed by atoms with Crippen molar-refractivity contribution in [1.82, 2.24) is 0 Å². The summed E-state index contributed by atoms with van der Waals surface area (Å²) in [4.78, 5) is 22.4. The molecule has 0 bridgehead atoms. The van der Waals surface area contributed by atoms with Crippen LogP contribution in [-0.4, -0.2) is 25.6 Å². The number of methoxy groups -OCH3 is 1. The lowest BCUT2D eigenvalue weighted by Crippen LogP contribution is -2.26. The fraction of sp³-hybridized carbons (Fsp3) is 0.333. The summed E-state index contributed by atoms with van der Waals surface area (Å²) in [7, 11) is 1.25. The molecule has 6 heteroatoms. The van der Waals surface area contributed by atoms with Crippen LogP contribution in [0.5, 0.6) is 5.75 Å². The molecule has 0 aliphatic rings. The van der Waals surface area contributed by atoms with Crippen LogP contribution in [0.25, 0.3) is 0 Å². The number of carbonyl (C=O) groups is 2. The molecule has 0 spiro atoms. The number of ether oxygens (including phenoxy) is 2. The van der Waals surface area contributed by atoms with E-state index in [-0.39, 0.29) is 23.6 Å². The molecule has 18 heavy (non-hydrogen) atoms. The molecule has 1 aromatic rings. The molecule has 6 nitrogen and oxygen atoms in total. The third-order valence-electron chi connectivity index (χ3n) is 2.42. The van der Waals surface area contributed by atoms with Crippen LogP contribution in [0.1, 0.15) is 17.3 Å². The van der Waals surface area contributed by atoms with Gasteiger partial charge in [-0.3, -0.25) is 4.79 Å².